The molecule has 2 aromatic rings. The Kier molecular flexibility index (Phi) is 5.76. The molecule has 0 saturated heterocycles. The number of hydrogen-bond acceptors (Lipinski definition) is 4. The van der Waals surface area contributed by atoms with E-state index in [9.17, 15) is 9.59 Å². The van der Waals surface area contributed by atoms with Gasteiger partial charge < -0.3 is 20.1 Å². The van der Waals surface area contributed by atoms with Crippen LogP contribution in [0.3, 0.4) is 0 Å². The summed E-state index contributed by atoms with van der Waals surface area (Å²) in [5.74, 6) is 0.124. The number of nitrogens with one attached hydrogen (secondary N) is 2. The van der Waals surface area contributed by atoms with Crippen LogP contribution in [-0.2, 0) is 16.0 Å². The van der Waals surface area contributed by atoms with Crippen molar-refractivity contribution in [1.82, 2.24) is 10.6 Å². The quantitative estimate of drug-likeness (QED) is 0.770. The van der Waals surface area contributed by atoms with Gasteiger partial charge in [-0.1, -0.05) is 48.5 Å². The van der Waals surface area contributed by atoms with Gasteiger partial charge in [-0.3, -0.25) is 0 Å². The molecular weight excluding hydrogens is 344 g/mol. The van der Waals surface area contributed by atoms with Gasteiger partial charge in [0.25, 0.3) is 0 Å². The highest BCUT2D eigenvalue weighted by Crippen LogP contribution is 2.33. The van der Waals surface area contributed by atoms with E-state index in [0.717, 1.165) is 5.56 Å². The number of carbonyl (C=O) groups excluding carboxylic acids is 2. The summed E-state index contributed by atoms with van der Waals surface area (Å²) >= 11 is 0. The fraction of sp³-hybridized carbons (Fsp3) is 0.238. The van der Waals surface area contributed by atoms with E-state index in [1.807, 2.05) is 48.5 Å². The molecule has 0 aromatic heterocycles. The lowest BCUT2D eigenvalue weighted by Gasteiger charge is -2.29. The number of methoxy groups -OCH3 is 1. The molecule has 6 nitrogen and oxygen atoms in total. The Bertz CT molecular complexity index is 861. The Labute approximate surface area is 158 Å². The Morgan fingerprint density at radius 2 is 1.78 bits per heavy atom. The van der Waals surface area contributed by atoms with Crippen molar-refractivity contribution in [3.8, 4) is 5.75 Å². The molecule has 2 N–H and O–H groups in total. The SMILES string of the molecule is COc1ccccc1C1NC(=O)NC(C)=C1C(=O)OCCc1ccccc1. The molecule has 0 saturated carbocycles. The van der Waals surface area contributed by atoms with Gasteiger partial charge in [-0.25, -0.2) is 9.59 Å². The third kappa shape index (κ3) is 4.28. The first-order chi connectivity index (χ1) is 13.1. The first-order valence-corrected chi connectivity index (χ1v) is 8.72. The van der Waals surface area contributed by atoms with Crippen LogP contribution in [0.15, 0.2) is 65.9 Å². The molecule has 0 fully saturated rings. The topological polar surface area (TPSA) is 76.7 Å². The lowest BCUT2D eigenvalue weighted by atomic mass is 9.95. The Hall–Kier alpha value is -3.28. The van der Waals surface area contributed by atoms with Crippen LogP contribution < -0.4 is 15.4 Å². The lowest BCUT2D eigenvalue weighted by molar-refractivity contribution is -0.139. The zero-order chi connectivity index (χ0) is 19.2. The van der Waals surface area contributed by atoms with Gasteiger partial charge in [0.05, 0.1) is 25.3 Å². The summed E-state index contributed by atoms with van der Waals surface area (Å²) in [5, 5.41) is 5.43. The van der Waals surface area contributed by atoms with E-state index in [1.165, 1.54) is 0 Å². The summed E-state index contributed by atoms with van der Waals surface area (Å²) < 4.78 is 10.9. The first-order valence-electron chi connectivity index (χ1n) is 8.72. The van der Waals surface area contributed by atoms with Crippen LogP contribution in [0.25, 0.3) is 0 Å². The molecule has 1 heterocycles. The minimum atomic E-state index is -0.640. The van der Waals surface area contributed by atoms with Crippen molar-refractivity contribution < 1.29 is 19.1 Å². The third-order valence-corrected chi connectivity index (χ3v) is 4.41. The molecule has 1 atom stereocenters. The second-order valence-electron chi connectivity index (χ2n) is 6.18. The first kappa shape index (κ1) is 18.5. The Morgan fingerprint density at radius 3 is 2.52 bits per heavy atom. The molecule has 2 aromatic carbocycles. The molecule has 1 aliphatic rings. The molecule has 2 amide bonds. The Balaban J connectivity index is 1.80. The van der Waals surface area contributed by atoms with E-state index < -0.39 is 12.0 Å². The molecule has 0 bridgehead atoms. The van der Waals surface area contributed by atoms with E-state index >= 15 is 0 Å². The van der Waals surface area contributed by atoms with E-state index in [0.29, 0.717) is 29.0 Å². The van der Waals surface area contributed by atoms with Crippen LogP contribution >= 0.6 is 0 Å². The van der Waals surface area contributed by atoms with Crippen LogP contribution in [-0.4, -0.2) is 25.7 Å². The number of para-hydroxylation sites is 1. The largest absolute Gasteiger partial charge is 0.496 e. The van der Waals surface area contributed by atoms with Crippen molar-refractivity contribution in [1.29, 1.82) is 0 Å². The van der Waals surface area contributed by atoms with Crippen molar-refractivity contribution in [2.45, 2.75) is 19.4 Å². The summed E-state index contributed by atoms with van der Waals surface area (Å²) in [5.41, 5.74) is 2.63. The highest BCUT2D eigenvalue weighted by atomic mass is 16.5. The van der Waals surface area contributed by atoms with Gasteiger partial charge in [0.1, 0.15) is 5.75 Å². The summed E-state index contributed by atoms with van der Waals surface area (Å²) in [6.07, 6.45) is 0.623. The zero-order valence-corrected chi connectivity index (χ0v) is 15.3. The van der Waals surface area contributed by atoms with Crippen LogP contribution in [0.2, 0.25) is 0 Å². The monoisotopic (exact) mass is 366 g/mol. The molecule has 1 aliphatic heterocycles. The summed E-state index contributed by atoms with van der Waals surface area (Å²) in [7, 11) is 1.55. The standard InChI is InChI=1S/C21H22N2O4/c1-14-18(20(24)27-13-12-15-8-4-3-5-9-15)19(23-21(25)22-14)16-10-6-7-11-17(16)26-2/h3-11,19H,12-13H2,1-2H3,(H2,22,23,25). The van der Waals surface area contributed by atoms with E-state index in [1.54, 1.807) is 20.1 Å². The van der Waals surface area contributed by atoms with Gasteiger partial charge >= 0.3 is 12.0 Å². The average Bonchev–Trinajstić information content (AvgIpc) is 2.68. The second kappa shape index (κ2) is 8.40. The van der Waals surface area contributed by atoms with E-state index in [-0.39, 0.29) is 12.6 Å². The maximum atomic E-state index is 12.8. The van der Waals surface area contributed by atoms with Gasteiger partial charge in [0.15, 0.2) is 0 Å². The highest BCUT2D eigenvalue weighted by Gasteiger charge is 2.33. The van der Waals surface area contributed by atoms with Crippen molar-refractivity contribution in [2.75, 3.05) is 13.7 Å². The molecule has 27 heavy (non-hydrogen) atoms. The lowest BCUT2D eigenvalue weighted by Crippen LogP contribution is -2.45. The molecule has 1 unspecified atom stereocenters. The molecule has 0 aliphatic carbocycles. The van der Waals surface area contributed by atoms with Crippen LogP contribution in [0.4, 0.5) is 4.79 Å². The van der Waals surface area contributed by atoms with Gasteiger partial charge in [-0.15, -0.1) is 0 Å². The van der Waals surface area contributed by atoms with Gasteiger partial charge in [0, 0.05) is 17.7 Å². The van der Waals surface area contributed by atoms with Crippen molar-refractivity contribution >= 4 is 12.0 Å². The number of benzene rings is 2. The highest BCUT2D eigenvalue weighted by molar-refractivity contribution is 5.95. The maximum absolute atomic E-state index is 12.8. The molecule has 0 radical (unpaired) electrons. The summed E-state index contributed by atoms with van der Waals surface area (Å²) in [4.78, 5) is 24.8. The van der Waals surface area contributed by atoms with Gasteiger partial charge in [0.2, 0.25) is 0 Å². The van der Waals surface area contributed by atoms with Crippen molar-refractivity contribution in [2.24, 2.45) is 0 Å². The Morgan fingerprint density at radius 1 is 1.07 bits per heavy atom. The fourth-order valence-electron chi connectivity index (χ4n) is 3.09. The average molecular weight is 366 g/mol. The molecule has 3 rings (SSSR count). The van der Waals surface area contributed by atoms with Gasteiger partial charge in [-0.05, 0) is 18.6 Å². The van der Waals surface area contributed by atoms with E-state index in [4.69, 9.17) is 9.47 Å². The van der Waals surface area contributed by atoms with Crippen LogP contribution in [0, 0.1) is 0 Å². The van der Waals surface area contributed by atoms with Crippen LogP contribution in [0.5, 0.6) is 5.75 Å². The van der Waals surface area contributed by atoms with Crippen LogP contribution in [0.1, 0.15) is 24.1 Å². The third-order valence-electron chi connectivity index (χ3n) is 4.41. The number of urea groups is 1. The number of esters is 1. The fourth-order valence-corrected chi connectivity index (χ4v) is 3.09. The maximum Gasteiger partial charge on any atom is 0.338 e. The smallest absolute Gasteiger partial charge is 0.338 e. The number of rotatable bonds is 6. The normalized spacial score (nSPS) is 16.4. The summed E-state index contributed by atoms with van der Waals surface area (Å²) in [6, 6.07) is 16.1. The predicted octanol–water partition coefficient (Wildman–Crippen LogP) is 3.11. The molecule has 6 heteroatoms. The molecule has 0 spiro atoms. The number of amides is 2. The summed E-state index contributed by atoms with van der Waals surface area (Å²) in [6.45, 7) is 1.95. The van der Waals surface area contributed by atoms with Crippen molar-refractivity contribution in [3.63, 3.8) is 0 Å². The number of allylic oxidation sites excluding steroid dienone is 1. The molecular formula is C21H22N2O4. The number of hydrogen-bond donors (Lipinski definition) is 2. The minimum Gasteiger partial charge on any atom is -0.496 e. The zero-order valence-electron chi connectivity index (χ0n) is 15.3. The number of carbonyl (C=O) groups is 2. The second-order valence-corrected chi connectivity index (χ2v) is 6.18. The van der Waals surface area contributed by atoms with Gasteiger partial charge in [-0.2, -0.15) is 0 Å². The number of ether oxygens (including phenoxy) is 2. The molecule has 140 valence electrons. The predicted molar refractivity (Wildman–Crippen MR) is 101 cm³/mol. The van der Waals surface area contributed by atoms with Crippen molar-refractivity contribution in [3.05, 3.63) is 77.0 Å². The minimum absolute atomic E-state index is 0.256. The van der Waals surface area contributed by atoms with E-state index in [2.05, 4.69) is 10.6 Å².